The zero-order valence-electron chi connectivity index (χ0n) is 9.35. The molecule has 0 fully saturated rings. The molecule has 2 aromatic rings. The number of sulfonamides is 1. The van der Waals surface area contributed by atoms with Crippen LogP contribution in [0, 0.1) is 0 Å². The topological polar surface area (TPSA) is 119 Å². The average molecular weight is 297 g/mol. The molecule has 0 saturated heterocycles. The van der Waals surface area contributed by atoms with E-state index in [0.29, 0.717) is 4.31 Å². The van der Waals surface area contributed by atoms with Crippen LogP contribution in [0.4, 0.5) is 5.00 Å². The largest absolute Gasteiger partial charge is 0.388 e. The van der Waals surface area contributed by atoms with Crippen LogP contribution < -0.4 is 5.73 Å². The van der Waals surface area contributed by atoms with Crippen molar-refractivity contribution in [3.05, 3.63) is 29.6 Å². The van der Waals surface area contributed by atoms with Crippen molar-refractivity contribution in [2.45, 2.75) is 11.6 Å². The molecule has 10 heteroatoms. The van der Waals surface area contributed by atoms with Gasteiger partial charge in [-0.1, -0.05) is 4.49 Å². The molecule has 1 aliphatic rings. The number of nitrogen functional groups attached to an aromatic ring is 1. The number of rotatable bonds is 2. The smallest absolute Gasteiger partial charge is 0.285 e. The van der Waals surface area contributed by atoms with Crippen LogP contribution in [0.25, 0.3) is 0 Å². The van der Waals surface area contributed by atoms with Gasteiger partial charge in [-0.2, -0.15) is 8.42 Å². The highest BCUT2D eigenvalue weighted by molar-refractivity contribution is 7.90. The third-order valence-corrected chi connectivity index (χ3v) is 4.93. The molecule has 98 valence electrons. The van der Waals surface area contributed by atoms with Crippen LogP contribution in [-0.4, -0.2) is 33.2 Å². The van der Waals surface area contributed by atoms with E-state index in [1.54, 1.807) is 0 Å². The summed E-state index contributed by atoms with van der Waals surface area (Å²) in [6.07, 6.45) is 1.33. The lowest BCUT2D eigenvalue weighted by Crippen LogP contribution is -2.30. The maximum Gasteiger partial charge on any atom is 0.285 e. The Bertz CT molecular complexity index is 770. The van der Waals surface area contributed by atoms with Gasteiger partial charge in [-0.25, -0.2) is 9.29 Å². The van der Waals surface area contributed by atoms with E-state index in [4.69, 9.17) is 5.73 Å². The number of anilines is 1. The molecule has 8 nitrogen and oxygen atoms in total. The van der Waals surface area contributed by atoms with E-state index in [9.17, 15) is 13.2 Å². The van der Waals surface area contributed by atoms with E-state index >= 15 is 0 Å². The second-order valence-electron chi connectivity index (χ2n) is 3.76. The van der Waals surface area contributed by atoms with E-state index in [1.807, 2.05) is 0 Å². The van der Waals surface area contributed by atoms with Gasteiger partial charge in [-0.3, -0.25) is 4.79 Å². The molecule has 0 unspecified atom stereocenters. The van der Waals surface area contributed by atoms with Crippen molar-refractivity contribution < 1.29 is 13.2 Å². The van der Waals surface area contributed by atoms with Gasteiger partial charge >= 0.3 is 0 Å². The second-order valence-corrected chi connectivity index (χ2v) is 6.32. The molecule has 0 radical (unpaired) electrons. The molecule has 0 bridgehead atoms. The Kier molecular flexibility index (Phi) is 2.50. The maximum absolute atomic E-state index is 12.2. The summed E-state index contributed by atoms with van der Waals surface area (Å²) in [5.74, 6) is -0.629. The molecule has 2 aromatic heterocycles. The first-order valence-corrected chi connectivity index (χ1v) is 7.32. The van der Waals surface area contributed by atoms with E-state index in [2.05, 4.69) is 14.6 Å². The van der Waals surface area contributed by atoms with Crippen LogP contribution in [0.3, 0.4) is 0 Å². The summed E-state index contributed by atoms with van der Waals surface area (Å²) in [6, 6.07) is 2.93. The van der Waals surface area contributed by atoms with Gasteiger partial charge in [0, 0.05) is 17.7 Å². The molecule has 1 aliphatic heterocycles. The average Bonchev–Trinajstić information content (AvgIpc) is 2.87. The van der Waals surface area contributed by atoms with Gasteiger partial charge in [-0.15, -0.1) is 5.10 Å². The first-order valence-electron chi connectivity index (χ1n) is 5.10. The van der Waals surface area contributed by atoms with Gasteiger partial charge in [0.2, 0.25) is 0 Å². The number of aromatic nitrogens is 3. The molecular formula is C9H7N5O3S2. The molecule has 3 heterocycles. The molecule has 3 rings (SSSR count). The number of amides is 1. The van der Waals surface area contributed by atoms with Crippen molar-refractivity contribution in [2.24, 2.45) is 0 Å². The predicted molar refractivity (Wildman–Crippen MR) is 65.6 cm³/mol. The lowest BCUT2D eigenvalue weighted by Gasteiger charge is -2.12. The SMILES string of the molecule is Nc1snnc1CN1C(=O)c2cccnc2S1(=O)=O. The third kappa shape index (κ3) is 1.68. The van der Waals surface area contributed by atoms with Gasteiger partial charge in [0.05, 0.1) is 12.1 Å². The molecule has 0 saturated carbocycles. The highest BCUT2D eigenvalue weighted by Crippen LogP contribution is 2.30. The van der Waals surface area contributed by atoms with Crippen LogP contribution in [0.5, 0.6) is 0 Å². The van der Waals surface area contributed by atoms with Gasteiger partial charge < -0.3 is 5.73 Å². The van der Waals surface area contributed by atoms with E-state index < -0.39 is 15.9 Å². The van der Waals surface area contributed by atoms with E-state index in [0.717, 1.165) is 11.5 Å². The molecule has 2 N–H and O–H groups in total. The third-order valence-electron chi connectivity index (χ3n) is 2.64. The summed E-state index contributed by atoms with van der Waals surface area (Å²) in [5, 5.41) is 3.76. The van der Waals surface area contributed by atoms with Crippen molar-refractivity contribution in [3.8, 4) is 0 Å². The summed E-state index contributed by atoms with van der Waals surface area (Å²) < 4.78 is 28.7. The normalized spacial score (nSPS) is 16.6. The fourth-order valence-corrected chi connectivity index (χ4v) is 3.61. The second kappa shape index (κ2) is 3.96. The molecular weight excluding hydrogens is 290 g/mol. The minimum Gasteiger partial charge on any atom is -0.388 e. The van der Waals surface area contributed by atoms with Crippen molar-refractivity contribution in [3.63, 3.8) is 0 Å². The summed E-state index contributed by atoms with van der Waals surface area (Å²) in [4.78, 5) is 15.8. The quantitative estimate of drug-likeness (QED) is 0.819. The summed E-state index contributed by atoms with van der Waals surface area (Å²) in [7, 11) is -3.93. The number of nitrogens with zero attached hydrogens (tertiary/aromatic N) is 4. The lowest BCUT2D eigenvalue weighted by molar-refractivity contribution is 0.0864. The first kappa shape index (κ1) is 12.0. The van der Waals surface area contributed by atoms with Crippen LogP contribution >= 0.6 is 11.5 Å². The zero-order chi connectivity index (χ0) is 13.6. The van der Waals surface area contributed by atoms with Crippen LogP contribution in [-0.2, 0) is 16.6 Å². The Morgan fingerprint density at radius 3 is 2.84 bits per heavy atom. The predicted octanol–water partition coefficient (Wildman–Crippen LogP) is -0.140. The van der Waals surface area contributed by atoms with Crippen LogP contribution in [0.1, 0.15) is 16.1 Å². The van der Waals surface area contributed by atoms with E-state index in [1.165, 1.54) is 18.3 Å². The Morgan fingerprint density at radius 2 is 2.21 bits per heavy atom. The van der Waals surface area contributed by atoms with Gasteiger partial charge in [-0.05, 0) is 12.1 Å². The van der Waals surface area contributed by atoms with Crippen molar-refractivity contribution in [2.75, 3.05) is 5.73 Å². The standard InChI is InChI=1S/C9H7N5O3S2/c10-7-6(12-13-18-7)4-14-9(15)5-2-1-3-11-8(5)19(14,16)17/h1-3H,4,10H2. The Hall–Kier alpha value is -2.07. The highest BCUT2D eigenvalue weighted by atomic mass is 32.2. The van der Waals surface area contributed by atoms with Gasteiger partial charge in [0.15, 0.2) is 5.03 Å². The first-order chi connectivity index (χ1) is 9.01. The number of carbonyl (C=O) groups is 1. The van der Waals surface area contributed by atoms with E-state index in [-0.39, 0.29) is 27.8 Å². The molecule has 0 atom stereocenters. The van der Waals surface area contributed by atoms with Gasteiger partial charge in [0.1, 0.15) is 10.7 Å². The molecule has 0 aliphatic carbocycles. The molecule has 1 amide bonds. The fourth-order valence-electron chi connectivity index (χ4n) is 1.73. The highest BCUT2D eigenvalue weighted by Gasteiger charge is 2.42. The van der Waals surface area contributed by atoms with Crippen molar-refractivity contribution in [1.29, 1.82) is 0 Å². The summed E-state index contributed by atoms with van der Waals surface area (Å²) >= 11 is 0.941. The number of fused-ring (bicyclic) bond motifs is 1. The Balaban J connectivity index is 2.06. The number of pyridine rings is 1. The molecule has 19 heavy (non-hydrogen) atoms. The molecule has 0 spiro atoms. The minimum atomic E-state index is -3.93. The zero-order valence-corrected chi connectivity index (χ0v) is 11.0. The van der Waals surface area contributed by atoms with Crippen LogP contribution in [0.15, 0.2) is 23.4 Å². The summed E-state index contributed by atoms with van der Waals surface area (Å²) in [6.45, 7) is -0.236. The van der Waals surface area contributed by atoms with Crippen molar-refractivity contribution >= 4 is 32.5 Å². The van der Waals surface area contributed by atoms with Crippen LogP contribution in [0.2, 0.25) is 0 Å². The fraction of sp³-hybridized carbons (Fsp3) is 0.111. The Morgan fingerprint density at radius 1 is 1.42 bits per heavy atom. The number of nitrogens with two attached hydrogens (primary N) is 1. The number of hydrogen-bond acceptors (Lipinski definition) is 8. The lowest BCUT2D eigenvalue weighted by atomic mass is 10.2. The monoisotopic (exact) mass is 297 g/mol. The Labute approximate surface area is 112 Å². The summed E-state index contributed by atoms with van der Waals surface area (Å²) in [5.41, 5.74) is 5.92. The minimum absolute atomic E-state index is 0.0595. The van der Waals surface area contributed by atoms with Crippen molar-refractivity contribution in [1.82, 2.24) is 18.9 Å². The molecule has 0 aromatic carbocycles. The number of carbonyl (C=O) groups excluding carboxylic acids is 1. The van der Waals surface area contributed by atoms with Gasteiger partial charge in [0.25, 0.3) is 15.9 Å². The number of hydrogen-bond donors (Lipinski definition) is 1. The maximum atomic E-state index is 12.2.